The van der Waals surface area contributed by atoms with Crippen LogP contribution in [0.3, 0.4) is 0 Å². The summed E-state index contributed by atoms with van der Waals surface area (Å²) in [6, 6.07) is -0.765. The fourth-order valence-corrected chi connectivity index (χ4v) is 6.87. The molecule has 1 fully saturated rings. The summed E-state index contributed by atoms with van der Waals surface area (Å²) in [5.74, 6) is -9.25. The molecule has 3 rings (SSSR count). The molecular formula is C39H57N11O12. The molecule has 0 aliphatic carbocycles. The number of carboxylic acids is 3. The Kier molecular flexibility index (Phi) is 19.1. The van der Waals surface area contributed by atoms with Crippen LogP contribution >= 0.6 is 0 Å². The SMILES string of the molecule is CC(C)C[C@H](NC(=O)[C@H](Cc1c[nH]c2ccccc12)NC(=O)CNC(=O)[C@@H]1CCCN1C(=O)[C@@H](N)CC(=O)O)C(=O)N[C@@H](CCCN=C(N)N)C(=O)N[C@@H](CCC(=O)O)C(=O)O. The first-order valence-electron chi connectivity index (χ1n) is 20.1. The summed E-state index contributed by atoms with van der Waals surface area (Å²) in [5.41, 5.74) is 17.9. The Bertz CT molecular complexity index is 1980. The number of aromatic amines is 1. The third-order valence-corrected chi connectivity index (χ3v) is 9.90. The number of hydrogen-bond donors (Lipinski definition) is 12. The van der Waals surface area contributed by atoms with E-state index in [9.17, 15) is 48.3 Å². The first-order chi connectivity index (χ1) is 29.3. The van der Waals surface area contributed by atoms with Gasteiger partial charge in [-0.25, -0.2) is 4.79 Å². The van der Waals surface area contributed by atoms with Crippen molar-refractivity contribution in [3.05, 3.63) is 36.0 Å². The number of aliphatic imine (C=N–C) groups is 1. The standard InChI is InChI=1S/C39H57N11O12/c1-20(2)15-27(34(57)47-25(9-5-13-43-39(41)42)33(56)48-26(38(61)62)11-12-31(52)53)49-35(58)28(16-21-18-44-24-8-4-3-7-22(21)24)46-30(51)19-45-36(59)29-10-6-14-50(29)37(60)23(40)17-32(54)55/h3-4,7-8,18,20,23,25-29,44H,5-6,9-17,19,40H2,1-2H3,(H,45,59)(H,46,51)(H,47,57)(H,48,56)(H,49,58)(H,52,53)(H,54,55)(H,61,62)(H4,41,42,43)/t23-,25-,26-,27-,28-,29-/m0/s1. The van der Waals surface area contributed by atoms with E-state index in [0.717, 1.165) is 10.9 Å². The second-order valence-electron chi connectivity index (χ2n) is 15.3. The average molecular weight is 872 g/mol. The summed E-state index contributed by atoms with van der Waals surface area (Å²) < 4.78 is 0. The Hall–Kier alpha value is -6.78. The number of guanidine groups is 1. The molecule has 0 saturated carbocycles. The third-order valence-electron chi connectivity index (χ3n) is 9.90. The molecule has 0 bridgehead atoms. The third kappa shape index (κ3) is 15.7. The highest BCUT2D eigenvalue weighted by molar-refractivity contribution is 5.97. The molecule has 1 aromatic carbocycles. The average Bonchev–Trinajstić information content (AvgIpc) is 3.86. The van der Waals surface area contributed by atoms with Crippen molar-refractivity contribution in [2.24, 2.45) is 28.1 Å². The number of carboxylic acid groups (broad SMARTS) is 3. The van der Waals surface area contributed by atoms with Crippen LogP contribution in [-0.4, -0.2) is 140 Å². The first kappa shape index (κ1) is 49.6. The number of aromatic nitrogens is 1. The Morgan fingerprint density at radius 2 is 1.50 bits per heavy atom. The first-order valence-corrected chi connectivity index (χ1v) is 20.1. The molecule has 0 spiro atoms. The fourth-order valence-electron chi connectivity index (χ4n) is 6.87. The zero-order valence-corrected chi connectivity index (χ0v) is 34.6. The number of likely N-dealkylation sites (tertiary alicyclic amines) is 1. The van der Waals surface area contributed by atoms with Crippen LogP contribution in [0, 0.1) is 5.92 Å². The van der Waals surface area contributed by atoms with E-state index in [1.165, 1.54) is 4.90 Å². The van der Waals surface area contributed by atoms with Crippen LogP contribution in [0.15, 0.2) is 35.5 Å². The lowest BCUT2D eigenvalue weighted by atomic mass is 10.00. The normalized spacial score (nSPS) is 15.9. The van der Waals surface area contributed by atoms with Gasteiger partial charge in [-0.1, -0.05) is 32.0 Å². The van der Waals surface area contributed by atoms with Crippen LogP contribution in [0.25, 0.3) is 10.9 Å². The van der Waals surface area contributed by atoms with Gasteiger partial charge in [0.2, 0.25) is 35.4 Å². The number of H-pyrrole nitrogens is 1. The minimum absolute atomic E-state index is 0.0448. The molecule has 0 unspecified atom stereocenters. The second kappa shape index (κ2) is 23.9. The minimum Gasteiger partial charge on any atom is -0.481 e. The van der Waals surface area contributed by atoms with Crippen LogP contribution in [-0.2, 0) is 49.6 Å². The lowest BCUT2D eigenvalue weighted by Gasteiger charge is -2.27. The summed E-state index contributed by atoms with van der Waals surface area (Å²) in [6.07, 6.45) is 0.729. The van der Waals surface area contributed by atoms with Crippen molar-refractivity contribution in [3.8, 4) is 0 Å². The predicted molar refractivity (Wildman–Crippen MR) is 222 cm³/mol. The number of hydrogen-bond acceptors (Lipinski definition) is 11. The number of nitrogens with two attached hydrogens (primary N) is 3. The van der Waals surface area contributed by atoms with Gasteiger partial charge in [-0.3, -0.25) is 43.3 Å². The molecule has 6 atom stereocenters. The lowest BCUT2D eigenvalue weighted by Crippen LogP contribution is -2.58. The van der Waals surface area contributed by atoms with E-state index < -0.39 is 115 Å². The van der Waals surface area contributed by atoms with Crippen LogP contribution in [0.4, 0.5) is 0 Å². The Morgan fingerprint density at radius 1 is 0.855 bits per heavy atom. The Balaban J connectivity index is 1.83. The quantitative estimate of drug-likeness (QED) is 0.0281. The lowest BCUT2D eigenvalue weighted by molar-refractivity contribution is -0.144. The van der Waals surface area contributed by atoms with Crippen LogP contribution in [0.2, 0.25) is 0 Å². The summed E-state index contributed by atoms with van der Waals surface area (Å²) in [5, 5.41) is 41.1. The number of carbonyl (C=O) groups excluding carboxylic acids is 6. The molecular weight excluding hydrogens is 814 g/mol. The Morgan fingerprint density at radius 3 is 2.15 bits per heavy atom. The highest BCUT2D eigenvalue weighted by Crippen LogP contribution is 2.21. The van der Waals surface area contributed by atoms with E-state index in [-0.39, 0.29) is 57.1 Å². The van der Waals surface area contributed by atoms with Crippen LogP contribution in [0.1, 0.15) is 70.8 Å². The number of rotatable bonds is 25. The number of para-hydroxylation sites is 1. The molecule has 2 aromatic rings. The van der Waals surface area contributed by atoms with E-state index >= 15 is 0 Å². The van der Waals surface area contributed by atoms with Gasteiger partial charge in [0, 0.05) is 43.0 Å². The minimum atomic E-state index is -1.60. The van der Waals surface area contributed by atoms with Gasteiger partial charge >= 0.3 is 17.9 Å². The van der Waals surface area contributed by atoms with Gasteiger partial charge in [0.15, 0.2) is 5.96 Å². The molecule has 23 nitrogen and oxygen atoms in total. The monoisotopic (exact) mass is 871 g/mol. The van der Waals surface area contributed by atoms with Gasteiger partial charge in [-0.2, -0.15) is 0 Å². The van der Waals surface area contributed by atoms with Crippen molar-refractivity contribution in [2.45, 2.75) is 108 Å². The maximum absolute atomic E-state index is 14.2. The topological polar surface area (TPSA) is 384 Å². The maximum Gasteiger partial charge on any atom is 0.326 e. The molecule has 62 heavy (non-hydrogen) atoms. The number of amides is 6. The predicted octanol–water partition coefficient (Wildman–Crippen LogP) is -2.39. The van der Waals surface area contributed by atoms with E-state index in [1.807, 2.05) is 6.07 Å². The number of nitrogens with one attached hydrogen (secondary N) is 6. The molecule has 2 heterocycles. The van der Waals surface area contributed by atoms with E-state index in [1.54, 1.807) is 38.2 Å². The summed E-state index contributed by atoms with van der Waals surface area (Å²) in [7, 11) is 0. The molecule has 23 heteroatoms. The van der Waals surface area contributed by atoms with E-state index in [2.05, 4.69) is 36.6 Å². The summed E-state index contributed by atoms with van der Waals surface area (Å²) in [4.78, 5) is 123. The van der Waals surface area contributed by atoms with Crippen molar-refractivity contribution in [1.29, 1.82) is 0 Å². The molecule has 0 radical (unpaired) electrons. The van der Waals surface area contributed by atoms with Gasteiger partial charge in [-0.15, -0.1) is 0 Å². The smallest absolute Gasteiger partial charge is 0.326 e. The zero-order chi connectivity index (χ0) is 46.1. The van der Waals surface area contributed by atoms with Crippen molar-refractivity contribution < 1.29 is 58.5 Å². The molecule has 1 aliphatic rings. The number of fused-ring (bicyclic) bond motifs is 1. The van der Waals surface area contributed by atoms with Crippen LogP contribution in [0.5, 0.6) is 0 Å². The van der Waals surface area contributed by atoms with Crippen molar-refractivity contribution in [3.63, 3.8) is 0 Å². The molecule has 6 amide bonds. The molecule has 1 aliphatic heterocycles. The Labute approximate surface area is 356 Å². The number of aliphatic carboxylic acids is 3. The number of nitrogens with zero attached hydrogens (tertiary/aromatic N) is 2. The van der Waals surface area contributed by atoms with Crippen molar-refractivity contribution in [1.82, 2.24) is 36.5 Å². The van der Waals surface area contributed by atoms with E-state index in [4.69, 9.17) is 27.4 Å². The largest absolute Gasteiger partial charge is 0.481 e. The second-order valence-corrected chi connectivity index (χ2v) is 15.3. The van der Waals surface area contributed by atoms with Gasteiger partial charge < -0.3 is 69.0 Å². The van der Waals surface area contributed by atoms with Gasteiger partial charge in [0.05, 0.1) is 19.0 Å². The fraction of sp³-hybridized carbons (Fsp3) is 0.538. The van der Waals surface area contributed by atoms with Crippen LogP contribution < -0.4 is 43.8 Å². The summed E-state index contributed by atoms with van der Waals surface area (Å²) in [6.45, 7) is 3.14. The van der Waals surface area contributed by atoms with Crippen molar-refractivity contribution >= 4 is 70.2 Å². The molecule has 1 saturated heterocycles. The number of benzene rings is 1. The van der Waals surface area contributed by atoms with Gasteiger partial charge in [0.1, 0.15) is 30.2 Å². The van der Waals surface area contributed by atoms with Gasteiger partial charge in [0.25, 0.3) is 0 Å². The summed E-state index contributed by atoms with van der Waals surface area (Å²) >= 11 is 0. The number of carbonyl (C=O) groups is 9. The maximum atomic E-state index is 14.2. The van der Waals surface area contributed by atoms with E-state index in [0.29, 0.717) is 12.0 Å². The molecule has 15 N–H and O–H groups in total. The molecule has 340 valence electrons. The zero-order valence-electron chi connectivity index (χ0n) is 34.6. The molecule has 1 aromatic heterocycles. The highest BCUT2D eigenvalue weighted by atomic mass is 16.4. The highest BCUT2D eigenvalue weighted by Gasteiger charge is 2.37. The van der Waals surface area contributed by atoms with Crippen molar-refractivity contribution in [2.75, 3.05) is 19.6 Å². The van der Waals surface area contributed by atoms with Gasteiger partial charge in [-0.05, 0) is 56.1 Å².